The molecule has 5 N–H and O–H groups in total. The van der Waals surface area contributed by atoms with E-state index in [1.807, 2.05) is 0 Å². The van der Waals surface area contributed by atoms with E-state index in [-0.39, 0.29) is 12.8 Å². The minimum atomic E-state index is -1.17. The maximum Gasteiger partial charge on any atom is 0.459 e. The predicted molar refractivity (Wildman–Crippen MR) is 27.5 cm³/mol. The molecule has 6 nitrogen and oxygen atoms in total. The Balaban J connectivity index is 0. The molecule has 0 atom stereocenters. The third-order valence-corrected chi connectivity index (χ3v) is 0.431. The van der Waals surface area contributed by atoms with Gasteiger partial charge < -0.3 is 10.9 Å². The van der Waals surface area contributed by atoms with Crippen molar-refractivity contribution < 1.29 is 19.9 Å². The van der Waals surface area contributed by atoms with E-state index in [1.54, 1.807) is 6.92 Å². The first-order chi connectivity index (χ1) is 3.68. The van der Waals surface area contributed by atoms with Crippen LogP contribution >= 0.6 is 0 Å². The summed E-state index contributed by atoms with van der Waals surface area (Å²) in [6.07, 6.45) is -1.17. The van der Waals surface area contributed by atoms with Crippen LogP contribution in [0.3, 0.4) is 0 Å². The third-order valence-electron chi connectivity index (χ3n) is 0.431. The molecule has 56 valence electrons. The van der Waals surface area contributed by atoms with Gasteiger partial charge in [0.15, 0.2) is 0 Å². The Hall–Kier alpha value is -0.850. The largest absolute Gasteiger partial charge is 0.459 e. The van der Waals surface area contributed by atoms with Crippen LogP contribution in [0.1, 0.15) is 6.92 Å². The zero-order valence-corrected chi connectivity index (χ0v) is 5.07. The summed E-state index contributed by atoms with van der Waals surface area (Å²) in [5.74, 6) is 0. The minimum Gasteiger partial charge on any atom is -0.447 e. The second-order valence-corrected chi connectivity index (χ2v) is 0.988. The molecule has 0 radical (unpaired) electrons. The Kier molecular flexibility index (Phi) is 6.47. The average Bonchev–Trinajstić information content (AvgIpc) is 1.67. The van der Waals surface area contributed by atoms with Gasteiger partial charge in [0.05, 0.1) is 6.61 Å². The van der Waals surface area contributed by atoms with Crippen molar-refractivity contribution in [3.05, 3.63) is 0 Å². The van der Waals surface area contributed by atoms with Gasteiger partial charge >= 0.3 is 6.09 Å². The summed E-state index contributed by atoms with van der Waals surface area (Å²) >= 11 is 0. The van der Waals surface area contributed by atoms with Crippen LogP contribution in [0.2, 0.25) is 0 Å². The quantitative estimate of drug-likeness (QED) is 0.359. The molecule has 0 aromatic rings. The van der Waals surface area contributed by atoms with E-state index in [1.165, 1.54) is 0 Å². The SMILES string of the molecule is CCOC(=O)N(O)O.N. The molecule has 6 heteroatoms. The van der Waals surface area contributed by atoms with Crippen molar-refractivity contribution in [2.75, 3.05) is 6.61 Å². The van der Waals surface area contributed by atoms with Gasteiger partial charge in [0, 0.05) is 0 Å². The van der Waals surface area contributed by atoms with Gasteiger partial charge in [-0.3, -0.25) is 10.4 Å². The number of amides is 1. The maximum absolute atomic E-state index is 9.95. The topological polar surface area (TPSA) is 105 Å². The summed E-state index contributed by atoms with van der Waals surface area (Å²) in [4.78, 5) is 9.95. The zero-order chi connectivity index (χ0) is 6.57. The van der Waals surface area contributed by atoms with E-state index < -0.39 is 11.3 Å². The summed E-state index contributed by atoms with van der Waals surface area (Å²) in [5, 5.41) is 15.1. The van der Waals surface area contributed by atoms with E-state index in [2.05, 4.69) is 4.74 Å². The molecule has 0 aliphatic heterocycles. The summed E-state index contributed by atoms with van der Waals surface area (Å²) in [7, 11) is 0. The Labute approximate surface area is 52.1 Å². The molecular weight excluding hydrogens is 128 g/mol. The fourth-order valence-corrected chi connectivity index (χ4v) is 0.181. The van der Waals surface area contributed by atoms with Crippen molar-refractivity contribution in [3.63, 3.8) is 0 Å². The van der Waals surface area contributed by atoms with Crippen LogP contribution < -0.4 is 6.15 Å². The van der Waals surface area contributed by atoms with Crippen LogP contribution in [0.5, 0.6) is 0 Å². The average molecular weight is 138 g/mol. The lowest BCUT2D eigenvalue weighted by Crippen LogP contribution is -2.23. The summed E-state index contributed by atoms with van der Waals surface area (Å²) < 4.78 is 4.09. The Morgan fingerprint density at radius 2 is 2.11 bits per heavy atom. The molecule has 0 fully saturated rings. The molecule has 0 aromatic heterocycles. The second kappa shape index (κ2) is 5.29. The van der Waals surface area contributed by atoms with Crippen molar-refractivity contribution in [2.24, 2.45) is 0 Å². The molecule has 1 amide bonds. The normalized spacial score (nSPS) is 7.44. The molecule has 0 heterocycles. The number of hydrogen-bond donors (Lipinski definition) is 3. The van der Waals surface area contributed by atoms with Gasteiger partial charge in [0.25, 0.3) is 0 Å². The predicted octanol–water partition coefficient (Wildman–Crippen LogP) is 0.385. The number of carbonyl (C=O) groups is 1. The van der Waals surface area contributed by atoms with Gasteiger partial charge in [-0.25, -0.2) is 4.79 Å². The molecule has 0 aliphatic carbocycles. The molecular formula is C3H10N2O4. The number of rotatable bonds is 1. The number of hydroxylamine groups is 2. The number of hydrogen-bond acceptors (Lipinski definition) is 5. The number of ether oxygens (including phenoxy) is 1. The highest BCUT2D eigenvalue weighted by Crippen LogP contribution is 1.81. The van der Waals surface area contributed by atoms with Crippen molar-refractivity contribution in [1.29, 1.82) is 0 Å². The number of carbonyl (C=O) groups excluding carboxylic acids is 1. The monoisotopic (exact) mass is 138 g/mol. The Bertz CT molecular complexity index is 83.9. The van der Waals surface area contributed by atoms with Crippen LogP contribution in [-0.4, -0.2) is 28.3 Å². The van der Waals surface area contributed by atoms with E-state index in [4.69, 9.17) is 10.4 Å². The molecule has 0 rings (SSSR count). The smallest absolute Gasteiger partial charge is 0.447 e. The van der Waals surface area contributed by atoms with Gasteiger partial charge in [-0.05, 0) is 6.92 Å². The molecule has 0 saturated heterocycles. The second-order valence-electron chi connectivity index (χ2n) is 0.988. The zero-order valence-electron chi connectivity index (χ0n) is 5.07. The van der Waals surface area contributed by atoms with Gasteiger partial charge in [-0.1, -0.05) is 5.23 Å². The van der Waals surface area contributed by atoms with Crippen molar-refractivity contribution in [1.82, 2.24) is 11.4 Å². The fraction of sp³-hybridized carbons (Fsp3) is 0.667. The molecule has 0 saturated carbocycles. The van der Waals surface area contributed by atoms with E-state index in [9.17, 15) is 4.79 Å². The summed E-state index contributed by atoms with van der Waals surface area (Å²) in [6, 6.07) is 0. The van der Waals surface area contributed by atoms with E-state index >= 15 is 0 Å². The van der Waals surface area contributed by atoms with E-state index in [0.717, 1.165) is 0 Å². The summed E-state index contributed by atoms with van der Waals surface area (Å²) in [5.41, 5.74) is 0. The van der Waals surface area contributed by atoms with Gasteiger partial charge in [0.1, 0.15) is 0 Å². The Morgan fingerprint density at radius 1 is 1.67 bits per heavy atom. The lowest BCUT2D eigenvalue weighted by Gasteiger charge is -2.03. The molecule has 9 heavy (non-hydrogen) atoms. The minimum absolute atomic E-state index is 0. The van der Waals surface area contributed by atoms with Crippen LogP contribution in [0.4, 0.5) is 4.79 Å². The van der Waals surface area contributed by atoms with Gasteiger partial charge in [-0.2, -0.15) is 0 Å². The standard InChI is InChI=1S/C3H7NO4.H3N/c1-2-8-3(5)4(6)7;/h6-7H,2H2,1H3;1H3. The Morgan fingerprint density at radius 3 is 2.22 bits per heavy atom. The van der Waals surface area contributed by atoms with Crippen LogP contribution in [0, 0.1) is 0 Å². The molecule has 0 bridgehead atoms. The first-order valence-electron chi connectivity index (χ1n) is 2.03. The van der Waals surface area contributed by atoms with E-state index in [0.29, 0.717) is 0 Å². The highest BCUT2D eigenvalue weighted by atomic mass is 16.8. The van der Waals surface area contributed by atoms with Crippen LogP contribution in [0.15, 0.2) is 0 Å². The third kappa shape index (κ3) is 5.01. The summed E-state index contributed by atoms with van der Waals surface area (Å²) in [6.45, 7) is 1.68. The highest BCUT2D eigenvalue weighted by Gasteiger charge is 2.05. The van der Waals surface area contributed by atoms with Crippen molar-refractivity contribution >= 4 is 6.09 Å². The van der Waals surface area contributed by atoms with Gasteiger partial charge in [-0.15, -0.1) is 0 Å². The fourth-order valence-electron chi connectivity index (χ4n) is 0.181. The highest BCUT2D eigenvalue weighted by molar-refractivity contribution is 5.64. The molecule has 0 spiro atoms. The number of nitrogens with zero attached hydrogens (tertiary/aromatic N) is 1. The molecule has 0 aromatic carbocycles. The lowest BCUT2D eigenvalue weighted by molar-refractivity contribution is -0.271. The lowest BCUT2D eigenvalue weighted by atomic mass is 10.9. The molecule has 0 unspecified atom stereocenters. The van der Waals surface area contributed by atoms with Crippen LogP contribution in [-0.2, 0) is 4.74 Å². The first kappa shape index (κ1) is 11.0. The first-order valence-corrected chi connectivity index (χ1v) is 2.03. The maximum atomic E-state index is 9.95. The molecule has 0 aliphatic rings. The van der Waals surface area contributed by atoms with Gasteiger partial charge in [0.2, 0.25) is 0 Å². The van der Waals surface area contributed by atoms with Crippen molar-refractivity contribution in [3.8, 4) is 0 Å². The van der Waals surface area contributed by atoms with Crippen LogP contribution in [0.25, 0.3) is 0 Å². The van der Waals surface area contributed by atoms with Crippen molar-refractivity contribution in [2.45, 2.75) is 6.92 Å².